The van der Waals surface area contributed by atoms with Crippen LogP contribution >= 0.6 is 0 Å². The van der Waals surface area contributed by atoms with Crippen molar-refractivity contribution in [2.45, 2.75) is 33.4 Å². The molecular weight excluding hydrogens is 306 g/mol. The predicted octanol–water partition coefficient (Wildman–Crippen LogP) is 2.11. The van der Waals surface area contributed by atoms with E-state index >= 15 is 0 Å². The second-order valence-corrected chi connectivity index (χ2v) is 6.41. The van der Waals surface area contributed by atoms with Crippen molar-refractivity contribution in [2.75, 3.05) is 13.6 Å². The summed E-state index contributed by atoms with van der Waals surface area (Å²) >= 11 is 0. The lowest BCUT2D eigenvalue weighted by Crippen LogP contribution is -2.35. The highest BCUT2D eigenvalue weighted by Gasteiger charge is 2.28. The van der Waals surface area contributed by atoms with Gasteiger partial charge in [-0.2, -0.15) is 0 Å². The van der Waals surface area contributed by atoms with Gasteiger partial charge < -0.3 is 19.2 Å². The van der Waals surface area contributed by atoms with Gasteiger partial charge in [0.2, 0.25) is 5.91 Å². The minimum atomic E-state index is -0.0408. The van der Waals surface area contributed by atoms with E-state index in [2.05, 4.69) is 9.88 Å². The number of fused-ring (bicyclic) bond motifs is 1. The van der Waals surface area contributed by atoms with Gasteiger partial charge in [0, 0.05) is 44.4 Å². The van der Waals surface area contributed by atoms with E-state index in [0.29, 0.717) is 30.8 Å². The van der Waals surface area contributed by atoms with Gasteiger partial charge in [0.1, 0.15) is 11.5 Å². The Hall–Kier alpha value is -2.50. The summed E-state index contributed by atoms with van der Waals surface area (Å²) in [6.07, 6.45) is 2.41. The van der Waals surface area contributed by atoms with Crippen LogP contribution in [-0.2, 0) is 17.9 Å². The number of nitrogens with zero attached hydrogens (tertiary/aromatic N) is 2. The van der Waals surface area contributed by atoms with E-state index in [4.69, 9.17) is 4.42 Å². The highest BCUT2D eigenvalue weighted by Crippen LogP contribution is 2.23. The predicted molar refractivity (Wildman–Crippen MR) is 89.5 cm³/mol. The molecule has 1 atom stereocenters. The Kier molecular flexibility index (Phi) is 4.46. The van der Waals surface area contributed by atoms with Crippen molar-refractivity contribution in [1.82, 2.24) is 14.8 Å². The molecule has 0 spiro atoms. The molecular formula is C18H23N3O3. The fourth-order valence-corrected chi connectivity index (χ4v) is 3.34. The molecule has 6 nitrogen and oxygen atoms in total. The quantitative estimate of drug-likeness (QED) is 0.938. The lowest BCUT2D eigenvalue weighted by atomic mass is 10.0. The SMILES string of the molecule is CNC(=O)CC1CN(C(=O)c2cc(C)oc2C)Cc2cccn2C1. The van der Waals surface area contributed by atoms with Crippen molar-refractivity contribution < 1.29 is 14.0 Å². The molecule has 24 heavy (non-hydrogen) atoms. The first kappa shape index (κ1) is 16.4. The fourth-order valence-electron chi connectivity index (χ4n) is 3.34. The number of hydrogen-bond acceptors (Lipinski definition) is 3. The number of carbonyl (C=O) groups is 2. The van der Waals surface area contributed by atoms with E-state index in [1.165, 1.54) is 0 Å². The number of nitrogens with one attached hydrogen (secondary N) is 1. The molecule has 2 aromatic heterocycles. The highest BCUT2D eigenvalue weighted by atomic mass is 16.3. The molecule has 0 aliphatic carbocycles. The average molecular weight is 329 g/mol. The molecule has 3 heterocycles. The highest BCUT2D eigenvalue weighted by molar-refractivity contribution is 5.95. The third kappa shape index (κ3) is 3.22. The van der Waals surface area contributed by atoms with Gasteiger partial charge in [0.25, 0.3) is 5.91 Å². The first-order valence-corrected chi connectivity index (χ1v) is 8.19. The van der Waals surface area contributed by atoms with E-state index in [1.54, 1.807) is 13.1 Å². The fraction of sp³-hybridized carbons (Fsp3) is 0.444. The third-order valence-corrected chi connectivity index (χ3v) is 4.52. The number of aromatic nitrogens is 1. The molecule has 3 rings (SSSR count). The molecule has 1 aliphatic heterocycles. The van der Waals surface area contributed by atoms with Gasteiger partial charge in [-0.05, 0) is 32.0 Å². The van der Waals surface area contributed by atoms with Gasteiger partial charge in [0.05, 0.1) is 12.1 Å². The van der Waals surface area contributed by atoms with E-state index in [1.807, 2.05) is 37.1 Å². The van der Waals surface area contributed by atoms with Crippen LogP contribution in [0.2, 0.25) is 0 Å². The van der Waals surface area contributed by atoms with Gasteiger partial charge in [-0.25, -0.2) is 0 Å². The summed E-state index contributed by atoms with van der Waals surface area (Å²) < 4.78 is 7.64. The topological polar surface area (TPSA) is 67.5 Å². The first-order valence-electron chi connectivity index (χ1n) is 8.19. The normalized spacial score (nSPS) is 17.3. The van der Waals surface area contributed by atoms with Crippen molar-refractivity contribution in [1.29, 1.82) is 0 Å². The van der Waals surface area contributed by atoms with Crippen LogP contribution in [0.1, 0.15) is 34.0 Å². The molecule has 6 heteroatoms. The molecule has 0 radical (unpaired) electrons. The van der Waals surface area contributed by atoms with Crippen molar-refractivity contribution in [3.8, 4) is 0 Å². The maximum absolute atomic E-state index is 13.0. The molecule has 2 aromatic rings. The van der Waals surface area contributed by atoms with E-state index in [9.17, 15) is 9.59 Å². The average Bonchev–Trinajstić information content (AvgIpc) is 3.07. The Morgan fingerprint density at radius 3 is 2.79 bits per heavy atom. The maximum atomic E-state index is 13.0. The van der Waals surface area contributed by atoms with E-state index < -0.39 is 0 Å². The summed E-state index contributed by atoms with van der Waals surface area (Å²) in [6.45, 7) is 5.48. The molecule has 0 bridgehead atoms. The summed E-state index contributed by atoms with van der Waals surface area (Å²) in [5.41, 5.74) is 1.69. The lowest BCUT2D eigenvalue weighted by Gasteiger charge is -2.23. The maximum Gasteiger partial charge on any atom is 0.257 e. The second-order valence-electron chi connectivity index (χ2n) is 6.41. The zero-order chi connectivity index (χ0) is 17.3. The van der Waals surface area contributed by atoms with Crippen LogP contribution in [0.5, 0.6) is 0 Å². The Labute approximate surface area is 141 Å². The van der Waals surface area contributed by atoms with Gasteiger partial charge >= 0.3 is 0 Å². The summed E-state index contributed by atoms with van der Waals surface area (Å²) in [7, 11) is 1.64. The largest absolute Gasteiger partial charge is 0.466 e. The number of hydrogen-bond donors (Lipinski definition) is 1. The Balaban J connectivity index is 1.87. The van der Waals surface area contributed by atoms with Crippen LogP contribution in [0.25, 0.3) is 0 Å². The van der Waals surface area contributed by atoms with Gasteiger partial charge in [0.15, 0.2) is 0 Å². The molecule has 0 saturated carbocycles. The van der Waals surface area contributed by atoms with Gasteiger partial charge in [-0.15, -0.1) is 0 Å². The molecule has 1 unspecified atom stereocenters. The van der Waals surface area contributed by atoms with Crippen molar-refractivity contribution >= 4 is 11.8 Å². The summed E-state index contributed by atoms with van der Waals surface area (Å²) in [5, 5.41) is 2.67. The van der Waals surface area contributed by atoms with E-state index in [0.717, 1.165) is 18.0 Å². The molecule has 0 saturated heterocycles. The Morgan fingerprint density at radius 1 is 1.33 bits per heavy atom. The van der Waals surface area contributed by atoms with Gasteiger partial charge in [-0.3, -0.25) is 9.59 Å². The monoisotopic (exact) mass is 329 g/mol. The van der Waals surface area contributed by atoms with Crippen molar-refractivity contribution in [3.05, 3.63) is 47.2 Å². The van der Waals surface area contributed by atoms with Crippen molar-refractivity contribution in [2.24, 2.45) is 5.92 Å². The van der Waals surface area contributed by atoms with Crippen LogP contribution < -0.4 is 5.32 Å². The standard InChI is InChI=1S/C18H23N3O3/c1-12-7-16(13(2)24-12)18(23)21-10-14(8-17(22)19-3)9-20-6-4-5-15(20)11-21/h4-7,14H,8-11H2,1-3H3,(H,19,22). The number of carbonyl (C=O) groups excluding carboxylic acids is 2. The minimum Gasteiger partial charge on any atom is -0.466 e. The lowest BCUT2D eigenvalue weighted by molar-refractivity contribution is -0.121. The number of rotatable bonds is 3. The molecule has 1 aliphatic rings. The molecule has 1 N–H and O–H groups in total. The third-order valence-electron chi connectivity index (χ3n) is 4.52. The second kappa shape index (κ2) is 6.55. The van der Waals surface area contributed by atoms with Crippen molar-refractivity contribution in [3.63, 3.8) is 0 Å². The zero-order valence-corrected chi connectivity index (χ0v) is 14.3. The molecule has 2 amide bonds. The number of amides is 2. The molecule has 128 valence electrons. The van der Waals surface area contributed by atoms with Gasteiger partial charge in [-0.1, -0.05) is 0 Å². The zero-order valence-electron chi connectivity index (χ0n) is 14.3. The summed E-state index contributed by atoms with van der Waals surface area (Å²) in [5.74, 6) is 1.41. The van der Waals surface area contributed by atoms with E-state index in [-0.39, 0.29) is 17.7 Å². The van der Waals surface area contributed by atoms with Crippen LogP contribution in [-0.4, -0.2) is 34.9 Å². The Bertz CT molecular complexity index is 759. The van der Waals surface area contributed by atoms with Crippen LogP contribution in [0.4, 0.5) is 0 Å². The van der Waals surface area contributed by atoms with Crippen LogP contribution in [0.3, 0.4) is 0 Å². The summed E-state index contributed by atoms with van der Waals surface area (Å²) in [6, 6.07) is 5.79. The minimum absolute atomic E-state index is 0.00154. The van der Waals surface area contributed by atoms with Crippen LogP contribution in [0.15, 0.2) is 28.8 Å². The molecule has 0 aromatic carbocycles. The molecule has 0 fully saturated rings. The number of furan rings is 1. The summed E-state index contributed by atoms with van der Waals surface area (Å²) in [4.78, 5) is 26.6. The number of aryl methyl sites for hydroxylation is 2. The smallest absolute Gasteiger partial charge is 0.257 e. The first-order chi connectivity index (χ1) is 11.5. The Morgan fingerprint density at radius 2 is 2.12 bits per heavy atom. The van der Waals surface area contributed by atoms with Crippen LogP contribution in [0, 0.1) is 19.8 Å².